The maximum absolute atomic E-state index is 13.8. The Labute approximate surface area is 198 Å². The SMILES string of the molecule is CC1CNCC(C)N1C(=O)N1CCN2C(/C=C(\N)c3cc(F)cc(F)c3O)=C(N)NCC2(C)C1. The molecule has 0 aliphatic carbocycles. The Morgan fingerprint density at radius 2 is 1.91 bits per heavy atom. The van der Waals surface area contributed by atoms with Crippen molar-refractivity contribution in [1.82, 2.24) is 25.3 Å². The smallest absolute Gasteiger partial charge is 0.320 e. The highest BCUT2D eigenvalue weighted by Crippen LogP contribution is 2.33. The lowest BCUT2D eigenvalue weighted by atomic mass is 9.92. The van der Waals surface area contributed by atoms with Crippen LogP contribution in [0.4, 0.5) is 13.6 Å². The first-order valence-corrected chi connectivity index (χ1v) is 11.5. The Morgan fingerprint density at radius 1 is 1.24 bits per heavy atom. The van der Waals surface area contributed by atoms with Crippen molar-refractivity contribution < 1.29 is 18.7 Å². The Hall–Kier alpha value is -3.21. The molecule has 186 valence electrons. The zero-order valence-electron chi connectivity index (χ0n) is 19.7. The number of carbonyl (C=O) groups is 1. The number of rotatable bonds is 2. The van der Waals surface area contributed by atoms with Gasteiger partial charge in [-0.25, -0.2) is 13.6 Å². The summed E-state index contributed by atoms with van der Waals surface area (Å²) in [5, 5.41) is 16.6. The number of nitrogens with two attached hydrogens (primary N) is 2. The molecule has 11 heteroatoms. The van der Waals surface area contributed by atoms with E-state index in [-0.39, 0.29) is 29.4 Å². The van der Waals surface area contributed by atoms with Crippen molar-refractivity contribution in [2.24, 2.45) is 11.5 Å². The molecule has 2 amide bonds. The van der Waals surface area contributed by atoms with Gasteiger partial charge < -0.3 is 41.9 Å². The Kier molecular flexibility index (Phi) is 6.24. The highest BCUT2D eigenvalue weighted by Gasteiger charge is 2.44. The average Bonchev–Trinajstić information content (AvgIpc) is 2.77. The van der Waals surface area contributed by atoms with Gasteiger partial charge in [0, 0.05) is 68.7 Å². The molecule has 3 atom stereocenters. The van der Waals surface area contributed by atoms with Crippen molar-refractivity contribution in [3.63, 3.8) is 0 Å². The highest BCUT2D eigenvalue weighted by atomic mass is 19.1. The first kappa shape index (κ1) is 23.9. The molecule has 9 nitrogen and oxygen atoms in total. The molecule has 0 bridgehead atoms. The molecular formula is C23H33F2N7O2. The number of fused-ring (bicyclic) bond motifs is 1. The number of nitrogens with one attached hydrogen (secondary N) is 2. The molecule has 0 spiro atoms. The van der Waals surface area contributed by atoms with Gasteiger partial charge in [-0.3, -0.25) is 0 Å². The van der Waals surface area contributed by atoms with Gasteiger partial charge in [0.15, 0.2) is 11.6 Å². The Balaban J connectivity index is 1.59. The fraction of sp³-hybridized carbons (Fsp3) is 0.522. The summed E-state index contributed by atoms with van der Waals surface area (Å²) < 4.78 is 27.6. The summed E-state index contributed by atoms with van der Waals surface area (Å²) in [6, 6.07) is 1.78. The van der Waals surface area contributed by atoms with Gasteiger partial charge in [0.1, 0.15) is 11.6 Å². The Morgan fingerprint density at radius 3 is 2.59 bits per heavy atom. The van der Waals surface area contributed by atoms with Crippen molar-refractivity contribution in [1.29, 1.82) is 0 Å². The number of carbonyl (C=O) groups excluding carboxylic acids is 1. The summed E-state index contributed by atoms with van der Waals surface area (Å²) in [5.74, 6) is -2.31. The molecule has 4 rings (SSSR count). The third-order valence-electron chi connectivity index (χ3n) is 6.96. The minimum absolute atomic E-state index is 0.0154. The third-order valence-corrected chi connectivity index (χ3v) is 6.96. The number of piperazine rings is 2. The molecule has 2 saturated heterocycles. The first-order chi connectivity index (χ1) is 16.0. The standard InChI is InChI=1S/C23H33F2N7O2/c1-13-9-28-10-14(2)32(13)22(34)30-4-5-31-19(21(27)29-11-23(31,3)12-30)8-18(26)16-6-15(24)7-17(25)20(16)33/h6-8,13-14,28-29,33H,4-5,9-12,26-27H2,1-3H3/b18-8-. The maximum atomic E-state index is 13.8. The zero-order valence-corrected chi connectivity index (χ0v) is 19.7. The van der Waals surface area contributed by atoms with Crippen molar-refractivity contribution >= 4 is 11.7 Å². The van der Waals surface area contributed by atoms with E-state index in [1.54, 1.807) is 0 Å². The van der Waals surface area contributed by atoms with Crippen LogP contribution in [0.2, 0.25) is 0 Å². The number of aromatic hydroxyl groups is 1. The average molecular weight is 478 g/mol. The molecule has 0 radical (unpaired) electrons. The van der Waals surface area contributed by atoms with Gasteiger partial charge in [0.05, 0.1) is 11.2 Å². The summed E-state index contributed by atoms with van der Waals surface area (Å²) in [5.41, 5.74) is 12.3. The number of phenols is 1. The minimum Gasteiger partial charge on any atom is -0.504 e. The highest BCUT2D eigenvalue weighted by molar-refractivity contribution is 5.76. The lowest BCUT2D eigenvalue weighted by molar-refractivity contribution is 0.0242. The summed E-state index contributed by atoms with van der Waals surface area (Å²) in [7, 11) is 0. The quantitative estimate of drug-likeness (QED) is 0.429. The fourth-order valence-electron chi connectivity index (χ4n) is 5.15. The Bertz CT molecular complexity index is 1040. The molecular weight excluding hydrogens is 444 g/mol. The normalized spacial score (nSPS) is 28.0. The fourth-order valence-corrected chi connectivity index (χ4v) is 5.15. The largest absolute Gasteiger partial charge is 0.504 e. The van der Waals surface area contributed by atoms with Crippen LogP contribution in [0.5, 0.6) is 5.75 Å². The van der Waals surface area contributed by atoms with E-state index in [1.807, 2.05) is 30.6 Å². The van der Waals surface area contributed by atoms with Gasteiger partial charge in [-0.15, -0.1) is 0 Å². The summed E-state index contributed by atoms with van der Waals surface area (Å²) in [6.45, 7) is 9.59. The van der Waals surface area contributed by atoms with Gasteiger partial charge in [-0.2, -0.15) is 0 Å². The van der Waals surface area contributed by atoms with Crippen LogP contribution < -0.4 is 22.1 Å². The van der Waals surface area contributed by atoms with Crippen molar-refractivity contribution in [2.75, 3.05) is 39.3 Å². The number of allylic oxidation sites excluding steroid dienone is 1. The number of phenolic OH excluding ortho intramolecular Hbond substituents is 1. The van der Waals surface area contributed by atoms with Crippen LogP contribution in [0.25, 0.3) is 5.70 Å². The van der Waals surface area contributed by atoms with E-state index >= 15 is 0 Å². The first-order valence-electron chi connectivity index (χ1n) is 11.5. The van der Waals surface area contributed by atoms with E-state index in [2.05, 4.69) is 15.5 Å². The van der Waals surface area contributed by atoms with Gasteiger partial charge in [-0.05, 0) is 32.9 Å². The molecule has 1 aromatic rings. The number of halogens is 2. The van der Waals surface area contributed by atoms with Crippen LogP contribution >= 0.6 is 0 Å². The number of hydrogen-bond donors (Lipinski definition) is 5. The predicted octanol–water partition coefficient (Wildman–Crippen LogP) is 0.880. The second-order valence-corrected chi connectivity index (χ2v) is 9.65. The van der Waals surface area contributed by atoms with Crippen molar-refractivity contribution in [3.8, 4) is 5.75 Å². The van der Waals surface area contributed by atoms with Crippen LogP contribution in [0.1, 0.15) is 26.3 Å². The molecule has 7 N–H and O–H groups in total. The summed E-state index contributed by atoms with van der Waals surface area (Å²) >= 11 is 0. The lowest BCUT2D eigenvalue weighted by Gasteiger charge is -2.54. The molecule has 34 heavy (non-hydrogen) atoms. The van der Waals surface area contributed by atoms with E-state index < -0.39 is 22.9 Å². The lowest BCUT2D eigenvalue weighted by Crippen LogP contribution is -2.70. The number of hydrogen-bond acceptors (Lipinski definition) is 7. The van der Waals surface area contributed by atoms with Gasteiger partial charge in [0.2, 0.25) is 0 Å². The molecule has 0 saturated carbocycles. The second kappa shape index (κ2) is 8.86. The van der Waals surface area contributed by atoms with E-state index in [1.165, 1.54) is 6.08 Å². The van der Waals surface area contributed by atoms with Crippen LogP contribution in [0.3, 0.4) is 0 Å². The summed E-state index contributed by atoms with van der Waals surface area (Å²) in [4.78, 5) is 19.3. The van der Waals surface area contributed by atoms with Gasteiger partial charge in [0.25, 0.3) is 0 Å². The van der Waals surface area contributed by atoms with Crippen molar-refractivity contribution in [3.05, 3.63) is 46.9 Å². The maximum Gasteiger partial charge on any atom is 0.320 e. The number of urea groups is 1. The summed E-state index contributed by atoms with van der Waals surface area (Å²) in [6.07, 6.45) is 1.51. The number of benzene rings is 1. The van der Waals surface area contributed by atoms with Crippen LogP contribution in [0, 0.1) is 11.6 Å². The minimum atomic E-state index is -1.09. The molecule has 2 fully saturated rings. The monoisotopic (exact) mass is 477 g/mol. The van der Waals surface area contributed by atoms with E-state index in [0.717, 1.165) is 19.2 Å². The van der Waals surface area contributed by atoms with Crippen molar-refractivity contribution in [2.45, 2.75) is 38.4 Å². The van der Waals surface area contributed by atoms with Gasteiger partial charge in [-0.1, -0.05) is 0 Å². The second-order valence-electron chi connectivity index (χ2n) is 9.65. The van der Waals surface area contributed by atoms with E-state index in [9.17, 15) is 18.7 Å². The molecule has 3 aliphatic rings. The zero-order chi connectivity index (χ0) is 24.8. The molecule has 1 aromatic carbocycles. The van der Waals surface area contributed by atoms with Crippen LogP contribution in [-0.4, -0.2) is 82.7 Å². The van der Waals surface area contributed by atoms with E-state index in [0.29, 0.717) is 43.8 Å². The number of nitrogens with zero attached hydrogens (tertiary/aromatic N) is 3. The molecule has 0 aromatic heterocycles. The van der Waals surface area contributed by atoms with Crippen LogP contribution in [-0.2, 0) is 0 Å². The topological polar surface area (TPSA) is 123 Å². The number of amides is 2. The van der Waals surface area contributed by atoms with Crippen LogP contribution in [0.15, 0.2) is 29.7 Å². The third kappa shape index (κ3) is 4.20. The van der Waals surface area contributed by atoms with Gasteiger partial charge >= 0.3 is 6.03 Å². The predicted molar refractivity (Wildman–Crippen MR) is 125 cm³/mol. The van der Waals surface area contributed by atoms with E-state index in [4.69, 9.17) is 11.5 Å². The molecule has 3 aliphatic heterocycles. The molecule has 3 heterocycles. The molecule has 3 unspecified atom stereocenters.